The van der Waals surface area contributed by atoms with Crippen LogP contribution in [0.3, 0.4) is 0 Å². The second-order valence-electron chi connectivity index (χ2n) is 6.98. The van der Waals surface area contributed by atoms with Gasteiger partial charge in [0.2, 0.25) is 0 Å². The number of amides is 1. The minimum absolute atomic E-state index is 0.0174. The molecule has 2 aromatic rings. The first-order valence-electron chi connectivity index (χ1n) is 9.04. The van der Waals surface area contributed by atoms with Gasteiger partial charge in [-0.1, -0.05) is 25.8 Å². The molecule has 0 saturated heterocycles. The van der Waals surface area contributed by atoms with E-state index in [-0.39, 0.29) is 22.5 Å². The molecular weight excluding hydrogens is 367 g/mol. The summed E-state index contributed by atoms with van der Waals surface area (Å²) in [6.07, 6.45) is 4.29. The van der Waals surface area contributed by atoms with Gasteiger partial charge in [0.25, 0.3) is 15.9 Å². The lowest BCUT2D eigenvalue weighted by Gasteiger charge is -2.29. The molecule has 27 heavy (non-hydrogen) atoms. The van der Waals surface area contributed by atoms with E-state index >= 15 is 0 Å². The monoisotopic (exact) mass is 390 g/mol. The Bertz CT molecular complexity index is 913. The number of hydrogen-bond donors (Lipinski definition) is 2. The molecule has 0 spiro atoms. The molecule has 1 fully saturated rings. The quantitative estimate of drug-likeness (QED) is 0.812. The Hall–Kier alpha value is -2.41. The number of carbonyl (C=O) groups is 1. The van der Waals surface area contributed by atoms with Gasteiger partial charge in [0.15, 0.2) is 0 Å². The Labute approximate surface area is 159 Å². The van der Waals surface area contributed by atoms with Crippen molar-refractivity contribution in [1.82, 2.24) is 5.32 Å². The van der Waals surface area contributed by atoms with Crippen molar-refractivity contribution in [3.8, 4) is 0 Å². The second-order valence-corrected chi connectivity index (χ2v) is 8.66. The molecule has 2 N–H and O–H groups in total. The van der Waals surface area contributed by atoms with Crippen LogP contribution in [0, 0.1) is 11.7 Å². The molecule has 0 heterocycles. The molecule has 7 heteroatoms. The molecule has 0 bridgehead atoms. The van der Waals surface area contributed by atoms with Crippen LogP contribution in [0.1, 0.15) is 43.0 Å². The van der Waals surface area contributed by atoms with Gasteiger partial charge in [-0.05, 0) is 61.2 Å². The van der Waals surface area contributed by atoms with Crippen molar-refractivity contribution in [2.45, 2.75) is 43.5 Å². The fourth-order valence-electron chi connectivity index (χ4n) is 3.32. The molecule has 0 aliphatic heterocycles. The third-order valence-electron chi connectivity index (χ3n) is 4.93. The number of halogens is 1. The molecule has 1 aliphatic carbocycles. The fraction of sp³-hybridized carbons (Fsp3) is 0.350. The number of sulfonamides is 1. The molecule has 0 aromatic heterocycles. The Morgan fingerprint density at radius 2 is 1.78 bits per heavy atom. The maximum Gasteiger partial charge on any atom is 0.261 e. The van der Waals surface area contributed by atoms with Crippen LogP contribution in [0.5, 0.6) is 0 Å². The van der Waals surface area contributed by atoms with Crippen LogP contribution >= 0.6 is 0 Å². The van der Waals surface area contributed by atoms with E-state index in [9.17, 15) is 17.6 Å². The zero-order valence-corrected chi connectivity index (χ0v) is 15.9. The van der Waals surface area contributed by atoms with Crippen molar-refractivity contribution in [2.75, 3.05) is 4.72 Å². The van der Waals surface area contributed by atoms with E-state index in [1.807, 2.05) is 0 Å². The number of carbonyl (C=O) groups excluding carboxylic acids is 1. The van der Waals surface area contributed by atoms with Crippen molar-refractivity contribution in [3.05, 3.63) is 59.9 Å². The molecule has 2 aromatic carbocycles. The summed E-state index contributed by atoms with van der Waals surface area (Å²) in [5.41, 5.74) is 0.553. The predicted molar refractivity (Wildman–Crippen MR) is 103 cm³/mol. The first-order valence-corrected chi connectivity index (χ1v) is 10.5. The average molecular weight is 390 g/mol. The highest BCUT2D eigenvalue weighted by molar-refractivity contribution is 7.92. The summed E-state index contributed by atoms with van der Waals surface area (Å²) < 4.78 is 40.5. The molecule has 1 amide bonds. The topological polar surface area (TPSA) is 75.3 Å². The molecule has 2 unspecified atom stereocenters. The van der Waals surface area contributed by atoms with Crippen molar-refractivity contribution in [1.29, 1.82) is 0 Å². The van der Waals surface area contributed by atoms with Gasteiger partial charge in [0.1, 0.15) is 5.82 Å². The summed E-state index contributed by atoms with van der Waals surface area (Å²) in [6, 6.07) is 11.1. The summed E-state index contributed by atoms with van der Waals surface area (Å²) in [5, 5.41) is 3.02. The maximum atomic E-state index is 13.0. The molecule has 2 atom stereocenters. The number of benzene rings is 2. The van der Waals surface area contributed by atoms with E-state index in [1.165, 1.54) is 42.8 Å². The summed E-state index contributed by atoms with van der Waals surface area (Å²) in [6.45, 7) is 2.12. The van der Waals surface area contributed by atoms with Crippen molar-refractivity contribution >= 4 is 21.6 Å². The number of anilines is 1. The van der Waals surface area contributed by atoms with E-state index in [0.29, 0.717) is 11.5 Å². The summed E-state index contributed by atoms with van der Waals surface area (Å²) in [5.74, 6) is -0.309. The maximum absolute atomic E-state index is 13.0. The summed E-state index contributed by atoms with van der Waals surface area (Å²) in [7, 11) is -3.88. The first kappa shape index (κ1) is 19.4. The highest BCUT2D eigenvalue weighted by atomic mass is 32.2. The van der Waals surface area contributed by atoms with Gasteiger partial charge >= 0.3 is 0 Å². The van der Waals surface area contributed by atoms with E-state index in [2.05, 4.69) is 17.0 Å². The van der Waals surface area contributed by atoms with Crippen LogP contribution in [-0.4, -0.2) is 20.4 Å². The van der Waals surface area contributed by atoms with Gasteiger partial charge in [0, 0.05) is 17.3 Å². The Kier molecular flexibility index (Phi) is 5.79. The Balaban J connectivity index is 1.75. The van der Waals surface area contributed by atoms with Crippen LogP contribution in [0.2, 0.25) is 0 Å². The number of nitrogens with one attached hydrogen (secondary N) is 2. The minimum atomic E-state index is -3.88. The van der Waals surface area contributed by atoms with E-state index in [4.69, 9.17) is 0 Å². The van der Waals surface area contributed by atoms with Crippen LogP contribution in [0.15, 0.2) is 53.4 Å². The minimum Gasteiger partial charge on any atom is -0.349 e. The van der Waals surface area contributed by atoms with Gasteiger partial charge < -0.3 is 5.32 Å². The Morgan fingerprint density at radius 3 is 2.48 bits per heavy atom. The third-order valence-corrected chi connectivity index (χ3v) is 6.31. The van der Waals surface area contributed by atoms with Crippen LogP contribution in [-0.2, 0) is 10.0 Å². The van der Waals surface area contributed by atoms with Crippen molar-refractivity contribution in [2.24, 2.45) is 5.92 Å². The van der Waals surface area contributed by atoms with E-state index in [0.717, 1.165) is 19.3 Å². The van der Waals surface area contributed by atoms with Gasteiger partial charge in [-0.25, -0.2) is 12.8 Å². The standard InChI is InChI=1S/C20H23FN2O3S/c1-14-5-2-3-8-19(14)22-20(24)15-6-4-7-18(13-15)27(25,26)23-17-11-9-16(21)10-12-17/h4,6-7,9-14,19,23H,2-3,5,8H2,1H3,(H,22,24). The molecule has 0 radical (unpaired) electrons. The molecule has 1 saturated carbocycles. The van der Waals surface area contributed by atoms with Crippen LogP contribution in [0.25, 0.3) is 0 Å². The van der Waals surface area contributed by atoms with Gasteiger partial charge in [0.05, 0.1) is 4.90 Å². The zero-order chi connectivity index (χ0) is 19.4. The lowest BCUT2D eigenvalue weighted by molar-refractivity contribution is 0.0910. The SMILES string of the molecule is CC1CCCCC1NC(=O)c1cccc(S(=O)(=O)Nc2ccc(F)cc2)c1. The zero-order valence-electron chi connectivity index (χ0n) is 15.1. The van der Waals surface area contributed by atoms with Crippen molar-refractivity contribution < 1.29 is 17.6 Å². The fourth-order valence-corrected chi connectivity index (χ4v) is 4.42. The smallest absolute Gasteiger partial charge is 0.261 e. The third kappa shape index (κ3) is 4.86. The molecular formula is C20H23FN2O3S. The first-order chi connectivity index (χ1) is 12.8. The molecule has 3 rings (SSSR count). The average Bonchev–Trinajstić information content (AvgIpc) is 2.65. The van der Waals surface area contributed by atoms with Crippen molar-refractivity contribution in [3.63, 3.8) is 0 Å². The summed E-state index contributed by atoms with van der Waals surface area (Å²) >= 11 is 0. The normalized spacial score (nSPS) is 20.1. The number of rotatable bonds is 5. The van der Waals surface area contributed by atoms with Crippen LogP contribution < -0.4 is 10.0 Å². The highest BCUT2D eigenvalue weighted by Gasteiger charge is 2.24. The van der Waals surface area contributed by atoms with Gasteiger partial charge in [-0.15, -0.1) is 0 Å². The number of hydrogen-bond acceptors (Lipinski definition) is 3. The van der Waals surface area contributed by atoms with Gasteiger partial charge in [-0.2, -0.15) is 0 Å². The van der Waals surface area contributed by atoms with Crippen LogP contribution in [0.4, 0.5) is 10.1 Å². The lowest BCUT2D eigenvalue weighted by Crippen LogP contribution is -2.41. The summed E-state index contributed by atoms with van der Waals surface area (Å²) in [4.78, 5) is 12.5. The van der Waals surface area contributed by atoms with Gasteiger partial charge in [-0.3, -0.25) is 9.52 Å². The lowest BCUT2D eigenvalue weighted by atomic mass is 9.86. The largest absolute Gasteiger partial charge is 0.349 e. The Morgan fingerprint density at radius 1 is 1.07 bits per heavy atom. The predicted octanol–water partition coefficient (Wildman–Crippen LogP) is 3.94. The molecule has 1 aliphatic rings. The highest BCUT2D eigenvalue weighted by Crippen LogP contribution is 2.24. The van der Waals surface area contributed by atoms with E-state index in [1.54, 1.807) is 12.1 Å². The molecule has 144 valence electrons. The second kappa shape index (κ2) is 8.08. The molecule has 5 nitrogen and oxygen atoms in total. The van der Waals surface area contributed by atoms with E-state index < -0.39 is 15.8 Å².